The van der Waals surface area contributed by atoms with Crippen LogP contribution in [0.4, 0.5) is 5.69 Å². The second-order valence-electron chi connectivity index (χ2n) is 11.0. The molecule has 1 fully saturated rings. The monoisotopic (exact) mass is 458 g/mol. The zero-order valence-corrected chi connectivity index (χ0v) is 20.8. The molecular weight excluding hydrogens is 424 g/mol. The Kier molecular flexibility index (Phi) is 4.74. The van der Waals surface area contributed by atoms with Gasteiger partial charge in [0.05, 0.1) is 5.69 Å². The van der Waals surface area contributed by atoms with Crippen molar-refractivity contribution in [3.63, 3.8) is 0 Å². The fourth-order valence-electron chi connectivity index (χ4n) is 7.49. The zero-order valence-electron chi connectivity index (χ0n) is 20.8. The second kappa shape index (κ2) is 7.88. The molecule has 0 radical (unpaired) electrons. The molecule has 0 spiro atoms. The van der Waals surface area contributed by atoms with Gasteiger partial charge in [0.2, 0.25) is 0 Å². The molecule has 0 bridgehead atoms. The van der Waals surface area contributed by atoms with Gasteiger partial charge >= 0.3 is 0 Å². The van der Waals surface area contributed by atoms with Crippen molar-refractivity contribution in [1.29, 1.82) is 0 Å². The van der Waals surface area contributed by atoms with Crippen molar-refractivity contribution in [2.24, 2.45) is 0 Å². The first kappa shape index (κ1) is 21.1. The highest BCUT2D eigenvalue weighted by Crippen LogP contribution is 2.55. The maximum absolute atomic E-state index is 4.07. The van der Waals surface area contributed by atoms with Crippen molar-refractivity contribution >= 4 is 11.8 Å². The number of nitrogens with zero attached hydrogens (tertiary/aromatic N) is 2. The largest absolute Gasteiger partial charge is 0.348 e. The summed E-state index contributed by atoms with van der Waals surface area (Å²) in [7, 11) is 0. The first-order chi connectivity index (χ1) is 17.2. The van der Waals surface area contributed by atoms with Crippen LogP contribution in [0, 0.1) is 0 Å². The van der Waals surface area contributed by atoms with Gasteiger partial charge < -0.3 is 9.80 Å². The van der Waals surface area contributed by atoms with E-state index in [2.05, 4.69) is 90.3 Å². The SMILES string of the molecule is C=Cc1ccccc1-c1cc2c3c(c1)-c1ccc(C4(CCC)CCCCC4)cc1N1C=CN(C2)C31. The van der Waals surface area contributed by atoms with Gasteiger partial charge in [-0.3, -0.25) is 0 Å². The molecule has 0 amide bonds. The number of anilines is 1. The number of rotatable bonds is 5. The van der Waals surface area contributed by atoms with Gasteiger partial charge in [-0.1, -0.05) is 81.7 Å². The molecular formula is C33H34N2. The summed E-state index contributed by atoms with van der Waals surface area (Å²) in [6.07, 6.45) is 16.3. The Balaban J connectivity index is 1.42. The Labute approximate surface area is 209 Å². The Morgan fingerprint density at radius 2 is 1.80 bits per heavy atom. The minimum Gasteiger partial charge on any atom is -0.348 e. The van der Waals surface area contributed by atoms with Crippen LogP contribution in [0.3, 0.4) is 0 Å². The molecule has 0 saturated heterocycles. The van der Waals surface area contributed by atoms with E-state index in [0.717, 1.165) is 6.54 Å². The van der Waals surface area contributed by atoms with E-state index < -0.39 is 0 Å². The topological polar surface area (TPSA) is 6.48 Å². The summed E-state index contributed by atoms with van der Waals surface area (Å²) in [4.78, 5) is 5.05. The molecule has 1 atom stereocenters. The van der Waals surface area contributed by atoms with E-state index in [-0.39, 0.29) is 0 Å². The van der Waals surface area contributed by atoms with Crippen LogP contribution in [0.1, 0.15) is 80.3 Å². The Morgan fingerprint density at radius 3 is 2.63 bits per heavy atom. The van der Waals surface area contributed by atoms with Crippen molar-refractivity contribution in [1.82, 2.24) is 4.90 Å². The van der Waals surface area contributed by atoms with Crippen LogP contribution in [0.5, 0.6) is 0 Å². The van der Waals surface area contributed by atoms with Gasteiger partial charge in [-0.15, -0.1) is 0 Å². The first-order valence-electron chi connectivity index (χ1n) is 13.5. The molecule has 4 aliphatic rings. The summed E-state index contributed by atoms with van der Waals surface area (Å²) >= 11 is 0. The van der Waals surface area contributed by atoms with Crippen LogP contribution in [0.2, 0.25) is 0 Å². The molecule has 1 aliphatic carbocycles. The minimum absolute atomic E-state index is 0.305. The van der Waals surface area contributed by atoms with Gasteiger partial charge in [0, 0.05) is 30.1 Å². The first-order valence-corrected chi connectivity index (χ1v) is 13.5. The van der Waals surface area contributed by atoms with Gasteiger partial charge in [0.15, 0.2) is 0 Å². The normalized spacial score (nSPS) is 20.7. The maximum atomic E-state index is 4.07. The summed E-state index contributed by atoms with van der Waals surface area (Å²) in [6, 6.07) is 21.0. The number of benzene rings is 3. The lowest BCUT2D eigenvalue weighted by Gasteiger charge is -2.40. The molecule has 2 heteroatoms. The summed E-state index contributed by atoms with van der Waals surface area (Å²) in [6.45, 7) is 7.41. The molecule has 176 valence electrons. The van der Waals surface area contributed by atoms with Crippen LogP contribution in [0.15, 0.2) is 73.6 Å². The average Bonchev–Trinajstić information content (AvgIpc) is 3.48. The van der Waals surface area contributed by atoms with Crippen LogP contribution >= 0.6 is 0 Å². The molecule has 0 aromatic heterocycles. The molecule has 3 aromatic carbocycles. The fraction of sp³-hybridized carbons (Fsp3) is 0.333. The third-order valence-electron chi connectivity index (χ3n) is 9.08. The predicted molar refractivity (Wildman–Crippen MR) is 147 cm³/mol. The number of fused-ring (bicyclic) bond motifs is 3. The van der Waals surface area contributed by atoms with Crippen molar-refractivity contribution in [2.75, 3.05) is 4.90 Å². The molecule has 2 nitrogen and oxygen atoms in total. The van der Waals surface area contributed by atoms with Gasteiger partial charge in [-0.05, 0) is 76.3 Å². The van der Waals surface area contributed by atoms with Gasteiger partial charge in [0.1, 0.15) is 6.17 Å². The van der Waals surface area contributed by atoms with Gasteiger partial charge in [-0.25, -0.2) is 0 Å². The third-order valence-corrected chi connectivity index (χ3v) is 9.08. The zero-order chi connectivity index (χ0) is 23.6. The molecule has 0 N–H and O–H groups in total. The Bertz CT molecular complexity index is 1350. The molecule has 3 aliphatic heterocycles. The standard InChI is InChI=1S/C33H34N2/c1-3-14-33(15-8-5-9-16-33)26-12-13-28-29-20-24(27-11-7-6-10-23(27)4-2)19-25-22-34-17-18-35(30(28)21-26)32(34)31(25)29/h4,6-7,10-13,17-21,32H,2-3,5,8-9,14-16,22H2,1H3. The van der Waals surface area contributed by atoms with E-state index in [4.69, 9.17) is 0 Å². The van der Waals surface area contributed by atoms with Crippen molar-refractivity contribution < 1.29 is 0 Å². The molecule has 35 heavy (non-hydrogen) atoms. The van der Waals surface area contributed by atoms with Crippen molar-refractivity contribution in [3.05, 3.63) is 95.8 Å². The molecule has 1 unspecified atom stereocenters. The van der Waals surface area contributed by atoms with E-state index in [0.29, 0.717) is 11.6 Å². The fourth-order valence-corrected chi connectivity index (χ4v) is 7.49. The number of hydrogen-bond donors (Lipinski definition) is 0. The lowest BCUT2D eigenvalue weighted by atomic mass is 9.66. The highest BCUT2D eigenvalue weighted by Gasteiger charge is 2.43. The summed E-state index contributed by atoms with van der Waals surface area (Å²) in [5.41, 5.74) is 12.8. The minimum atomic E-state index is 0.305. The second-order valence-corrected chi connectivity index (χ2v) is 11.0. The lowest BCUT2D eigenvalue weighted by Crippen LogP contribution is -2.31. The van der Waals surface area contributed by atoms with Crippen molar-refractivity contribution in [2.45, 2.75) is 70.0 Å². The third kappa shape index (κ3) is 3.02. The molecule has 3 heterocycles. The maximum Gasteiger partial charge on any atom is 0.133 e. The summed E-state index contributed by atoms with van der Waals surface area (Å²) < 4.78 is 0. The quantitative estimate of drug-likeness (QED) is 0.377. The Morgan fingerprint density at radius 1 is 0.943 bits per heavy atom. The molecule has 1 saturated carbocycles. The van der Waals surface area contributed by atoms with E-state index in [9.17, 15) is 0 Å². The lowest BCUT2D eigenvalue weighted by molar-refractivity contribution is 0.271. The van der Waals surface area contributed by atoms with E-state index in [1.807, 2.05) is 6.08 Å². The van der Waals surface area contributed by atoms with Gasteiger partial charge in [0.25, 0.3) is 0 Å². The van der Waals surface area contributed by atoms with Crippen LogP contribution in [-0.2, 0) is 12.0 Å². The van der Waals surface area contributed by atoms with Crippen LogP contribution in [0.25, 0.3) is 28.3 Å². The Hall–Kier alpha value is -3.26. The van der Waals surface area contributed by atoms with E-state index in [1.54, 1.807) is 5.56 Å². The smallest absolute Gasteiger partial charge is 0.133 e. The van der Waals surface area contributed by atoms with Crippen LogP contribution < -0.4 is 4.90 Å². The average molecular weight is 459 g/mol. The molecule has 7 rings (SSSR count). The predicted octanol–water partition coefficient (Wildman–Crippen LogP) is 8.78. The van der Waals surface area contributed by atoms with E-state index >= 15 is 0 Å². The highest BCUT2D eigenvalue weighted by atomic mass is 15.4. The van der Waals surface area contributed by atoms with E-state index in [1.165, 1.54) is 89.6 Å². The van der Waals surface area contributed by atoms with Gasteiger partial charge in [-0.2, -0.15) is 0 Å². The molecule has 3 aromatic rings. The number of hydrogen-bond acceptors (Lipinski definition) is 2. The highest BCUT2D eigenvalue weighted by molar-refractivity contribution is 5.91. The van der Waals surface area contributed by atoms with Crippen molar-refractivity contribution in [3.8, 4) is 22.3 Å². The summed E-state index contributed by atoms with van der Waals surface area (Å²) in [5.74, 6) is 0. The van der Waals surface area contributed by atoms with Crippen LogP contribution in [-0.4, -0.2) is 4.90 Å². The summed E-state index contributed by atoms with van der Waals surface area (Å²) in [5, 5.41) is 0.